The zero-order valence-electron chi connectivity index (χ0n) is 13.2. The molecule has 0 spiro atoms. The van der Waals surface area contributed by atoms with Gasteiger partial charge in [-0.2, -0.15) is 5.10 Å². The van der Waals surface area contributed by atoms with Gasteiger partial charge in [0.25, 0.3) is 0 Å². The van der Waals surface area contributed by atoms with E-state index in [1.165, 1.54) is 0 Å². The second kappa shape index (κ2) is 6.08. The van der Waals surface area contributed by atoms with Gasteiger partial charge < -0.3 is 5.32 Å². The second-order valence-corrected chi connectivity index (χ2v) is 6.13. The quantitative estimate of drug-likeness (QED) is 0.867. The van der Waals surface area contributed by atoms with E-state index >= 15 is 0 Å². The van der Waals surface area contributed by atoms with E-state index in [-0.39, 0.29) is 5.41 Å². The van der Waals surface area contributed by atoms with Crippen LogP contribution in [0.2, 0.25) is 0 Å². The number of rotatable bonds is 6. The fraction of sp³-hybridized carbons (Fsp3) is 0.750. The van der Waals surface area contributed by atoms with Gasteiger partial charge in [0.05, 0.1) is 5.69 Å². The van der Waals surface area contributed by atoms with Crippen molar-refractivity contribution in [3.05, 3.63) is 17.5 Å². The Labute approximate surface area is 121 Å². The normalized spacial score (nSPS) is 22.6. The molecule has 1 aromatic rings. The first-order valence-corrected chi connectivity index (χ1v) is 7.83. The van der Waals surface area contributed by atoms with E-state index in [1.807, 2.05) is 4.68 Å². The molecule has 1 unspecified atom stereocenters. The van der Waals surface area contributed by atoms with Crippen LogP contribution in [0, 0.1) is 11.3 Å². The van der Waals surface area contributed by atoms with Crippen molar-refractivity contribution in [2.75, 3.05) is 13.1 Å². The molecule has 1 aliphatic heterocycles. The molecule has 1 N–H and O–H groups in total. The summed E-state index contributed by atoms with van der Waals surface area (Å²) in [5.74, 6) is 0.753. The molecular formula is C16H27N3O. The fourth-order valence-electron chi connectivity index (χ4n) is 3.21. The summed E-state index contributed by atoms with van der Waals surface area (Å²) in [6, 6.07) is 2.10. The van der Waals surface area contributed by atoms with E-state index in [1.54, 1.807) is 0 Å². The van der Waals surface area contributed by atoms with Crippen molar-refractivity contribution in [1.82, 2.24) is 15.1 Å². The lowest BCUT2D eigenvalue weighted by atomic mass is 9.72. The van der Waals surface area contributed by atoms with Gasteiger partial charge in [0, 0.05) is 30.6 Å². The number of nitrogens with zero attached hydrogens (tertiary/aromatic N) is 2. The minimum atomic E-state index is -0.185. The van der Waals surface area contributed by atoms with Gasteiger partial charge >= 0.3 is 0 Å². The average molecular weight is 277 g/mol. The third-order valence-corrected chi connectivity index (χ3v) is 4.77. The van der Waals surface area contributed by atoms with Crippen LogP contribution in [0.25, 0.3) is 0 Å². The first-order chi connectivity index (χ1) is 9.53. The van der Waals surface area contributed by atoms with E-state index in [2.05, 4.69) is 44.2 Å². The van der Waals surface area contributed by atoms with E-state index < -0.39 is 0 Å². The maximum absolute atomic E-state index is 12.9. The van der Waals surface area contributed by atoms with Crippen molar-refractivity contribution < 1.29 is 4.79 Å². The predicted octanol–water partition coefficient (Wildman–Crippen LogP) is 2.21. The summed E-state index contributed by atoms with van der Waals surface area (Å²) in [4.78, 5) is 12.9. The Morgan fingerprint density at radius 1 is 1.50 bits per heavy atom. The molecule has 20 heavy (non-hydrogen) atoms. The van der Waals surface area contributed by atoms with Crippen molar-refractivity contribution in [1.29, 1.82) is 0 Å². The second-order valence-electron chi connectivity index (χ2n) is 6.13. The molecule has 1 fully saturated rings. The first kappa shape index (κ1) is 15.2. The van der Waals surface area contributed by atoms with Gasteiger partial charge in [0.2, 0.25) is 0 Å². The number of nitrogens with one attached hydrogen (secondary N) is 1. The molecule has 2 rings (SSSR count). The molecule has 0 radical (unpaired) electrons. The Kier molecular flexibility index (Phi) is 4.63. The summed E-state index contributed by atoms with van der Waals surface area (Å²) in [7, 11) is 0. The van der Waals surface area contributed by atoms with Gasteiger partial charge in [0.15, 0.2) is 0 Å². The van der Waals surface area contributed by atoms with Crippen LogP contribution in [0.1, 0.15) is 45.5 Å². The summed E-state index contributed by atoms with van der Waals surface area (Å²) in [6.07, 6.45) is 2.40. The average Bonchev–Trinajstić information content (AvgIpc) is 3.05. The first-order valence-electron chi connectivity index (χ1n) is 7.83. The Hall–Kier alpha value is -1.16. The zero-order valence-corrected chi connectivity index (χ0v) is 13.2. The Balaban J connectivity index is 2.20. The van der Waals surface area contributed by atoms with Crippen molar-refractivity contribution in [2.45, 2.75) is 53.5 Å². The highest BCUT2D eigenvalue weighted by Gasteiger charge is 2.43. The van der Waals surface area contributed by atoms with Crippen LogP contribution < -0.4 is 5.32 Å². The molecule has 0 aliphatic carbocycles. The minimum Gasteiger partial charge on any atom is -0.316 e. The van der Waals surface area contributed by atoms with Crippen LogP contribution >= 0.6 is 0 Å². The number of Topliss-reactive ketones (excluding diaryl/α,β-unsaturated/α-hetero) is 1. The van der Waals surface area contributed by atoms with E-state index in [0.29, 0.717) is 18.1 Å². The predicted molar refractivity (Wildman–Crippen MR) is 80.7 cm³/mol. The summed E-state index contributed by atoms with van der Waals surface area (Å²) >= 11 is 0. The highest BCUT2D eigenvalue weighted by molar-refractivity contribution is 5.87. The smallest absolute Gasteiger partial charge is 0.146 e. The lowest BCUT2D eigenvalue weighted by Gasteiger charge is -2.31. The number of hydrogen-bond acceptors (Lipinski definition) is 3. The monoisotopic (exact) mass is 277 g/mol. The maximum Gasteiger partial charge on any atom is 0.146 e. The number of carbonyl (C=O) groups is 1. The van der Waals surface area contributed by atoms with Gasteiger partial charge in [-0.3, -0.25) is 9.48 Å². The van der Waals surface area contributed by atoms with Gasteiger partial charge in [0.1, 0.15) is 5.78 Å². The maximum atomic E-state index is 12.9. The number of ketones is 1. The van der Waals surface area contributed by atoms with Gasteiger partial charge in [-0.25, -0.2) is 0 Å². The van der Waals surface area contributed by atoms with Crippen LogP contribution in [-0.4, -0.2) is 28.7 Å². The van der Waals surface area contributed by atoms with Crippen LogP contribution in [0.15, 0.2) is 6.07 Å². The van der Waals surface area contributed by atoms with E-state index in [9.17, 15) is 4.79 Å². The third-order valence-electron chi connectivity index (χ3n) is 4.77. The van der Waals surface area contributed by atoms with Crippen molar-refractivity contribution in [3.63, 3.8) is 0 Å². The molecule has 1 aromatic heterocycles. The number of aryl methyl sites for hydroxylation is 2. The van der Waals surface area contributed by atoms with E-state index in [4.69, 9.17) is 0 Å². The number of hydrogen-bond donors (Lipinski definition) is 1. The van der Waals surface area contributed by atoms with Crippen molar-refractivity contribution >= 4 is 5.78 Å². The van der Waals surface area contributed by atoms with Gasteiger partial charge in [-0.05, 0) is 38.3 Å². The zero-order chi connectivity index (χ0) is 14.8. The number of aromatic nitrogens is 2. The van der Waals surface area contributed by atoms with Crippen LogP contribution in [0.5, 0.6) is 0 Å². The molecular weight excluding hydrogens is 250 g/mol. The third kappa shape index (κ3) is 2.66. The summed E-state index contributed by atoms with van der Waals surface area (Å²) < 4.78 is 1.98. The lowest BCUT2D eigenvalue weighted by Crippen LogP contribution is -2.39. The fourth-order valence-corrected chi connectivity index (χ4v) is 3.21. The van der Waals surface area contributed by atoms with Gasteiger partial charge in [-0.15, -0.1) is 0 Å². The molecule has 0 saturated carbocycles. The van der Waals surface area contributed by atoms with Crippen LogP contribution in [0.4, 0.5) is 0 Å². The molecule has 1 atom stereocenters. The SMILES string of the molecule is CCc1cc(CC(=O)C2(C(C)C)CCNC2)n(CC)n1. The topological polar surface area (TPSA) is 46.9 Å². The molecule has 0 bridgehead atoms. The minimum absolute atomic E-state index is 0.185. The van der Waals surface area contributed by atoms with Gasteiger partial charge in [-0.1, -0.05) is 20.8 Å². The van der Waals surface area contributed by atoms with Crippen molar-refractivity contribution in [3.8, 4) is 0 Å². The molecule has 112 valence electrons. The van der Waals surface area contributed by atoms with Crippen LogP contribution in [0.3, 0.4) is 0 Å². The highest BCUT2D eigenvalue weighted by atomic mass is 16.1. The molecule has 4 heteroatoms. The van der Waals surface area contributed by atoms with E-state index in [0.717, 1.165) is 43.9 Å². The molecule has 1 aliphatic rings. The Morgan fingerprint density at radius 2 is 2.25 bits per heavy atom. The molecule has 0 aromatic carbocycles. The largest absolute Gasteiger partial charge is 0.316 e. The molecule has 0 amide bonds. The van der Waals surface area contributed by atoms with Crippen molar-refractivity contribution in [2.24, 2.45) is 11.3 Å². The molecule has 4 nitrogen and oxygen atoms in total. The summed E-state index contributed by atoms with van der Waals surface area (Å²) in [5.41, 5.74) is 1.97. The summed E-state index contributed by atoms with van der Waals surface area (Å²) in [5, 5.41) is 7.91. The Morgan fingerprint density at radius 3 is 2.75 bits per heavy atom. The Bertz CT molecular complexity index is 470. The molecule has 2 heterocycles. The highest BCUT2D eigenvalue weighted by Crippen LogP contribution is 2.36. The standard InChI is InChI=1S/C16H27N3O/c1-5-13-9-14(19(6-2)18-13)10-15(20)16(12(3)4)7-8-17-11-16/h9,12,17H,5-8,10-11H2,1-4H3. The summed E-state index contributed by atoms with van der Waals surface area (Å²) in [6.45, 7) is 11.1. The molecule has 1 saturated heterocycles. The number of carbonyl (C=O) groups excluding carboxylic acids is 1. The van der Waals surface area contributed by atoms with Crippen LogP contribution in [-0.2, 0) is 24.2 Å². The lowest BCUT2D eigenvalue weighted by molar-refractivity contribution is -0.129.